The van der Waals surface area contributed by atoms with Crippen LogP contribution >= 0.6 is 22.9 Å². The van der Waals surface area contributed by atoms with Crippen LogP contribution in [0.2, 0.25) is 5.02 Å². The first-order chi connectivity index (χ1) is 8.22. The van der Waals surface area contributed by atoms with Crippen molar-refractivity contribution in [1.29, 1.82) is 0 Å². The topological polar surface area (TPSA) is 48.1 Å². The number of ether oxygens (including phenoxy) is 1. The van der Waals surface area contributed by atoms with Gasteiger partial charge in [0, 0.05) is 18.3 Å². The van der Waals surface area contributed by atoms with Crippen molar-refractivity contribution in [2.45, 2.75) is 13.0 Å². The summed E-state index contributed by atoms with van der Waals surface area (Å²) in [5, 5.41) is 3.61. The van der Waals surface area contributed by atoms with Gasteiger partial charge in [0.05, 0.1) is 17.8 Å². The van der Waals surface area contributed by atoms with Crippen molar-refractivity contribution in [3.05, 3.63) is 44.9 Å². The van der Waals surface area contributed by atoms with E-state index in [0.717, 1.165) is 22.7 Å². The molecule has 0 atom stereocenters. The van der Waals surface area contributed by atoms with Gasteiger partial charge in [0.15, 0.2) is 0 Å². The lowest BCUT2D eigenvalue weighted by Crippen LogP contribution is -1.96. The van der Waals surface area contributed by atoms with Crippen LogP contribution in [0.15, 0.2) is 23.6 Å². The summed E-state index contributed by atoms with van der Waals surface area (Å²) in [4.78, 5) is 4.42. The molecule has 90 valence electrons. The van der Waals surface area contributed by atoms with Gasteiger partial charge < -0.3 is 10.5 Å². The summed E-state index contributed by atoms with van der Waals surface area (Å²) in [7, 11) is 1.61. The highest BCUT2D eigenvalue weighted by Crippen LogP contribution is 2.26. The van der Waals surface area contributed by atoms with E-state index in [9.17, 15) is 0 Å². The van der Waals surface area contributed by atoms with Gasteiger partial charge >= 0.3 is 0 Å². The summed E-state index contributed by atoms with van der Waals surface area (Å²) in [5.74, 6) is 0.691. The largest absolute Gasteiger partial charge is 0.495 e. The average molecular weight is 269 g/mol. The maximum absolute atomic E-state index is 6.07. The fourth-order valence-electron chi connectivity index (χ4n) is 1.55. The zero-order valence-electron chi connectivity index (χ0n) is 9.44. The van der Waals surface area contributed by atoms with Crippen LogP contribution in [0.4, 0.5) is 0 Å². The van der Waals surface area contributed by atoms with Gasteiger partial charge in [-0.05, 0) is 17.7 Å². The van der Waals surface area contributed by atoms with E-state index < -0.39 is 0 Å². The zero-order valence-corrected chi connectivity index (χ0v) is 11.0. The minimum Gasteiger partial charge on any atom is -0.495 e. The van der Waals surface area contributed by atoms with Crippen LogP contribution in [0, 0.1) is 0 Å². The number of thiazole rings is 1. The van der Waals surface area contributed by atoms with Crippen molar-refractivity contribution in [2.75, 3.05) is 7.11 Å². The van der Waals surface area contributed by atoms with E-state index in [1.165, 1.54) is 0 Å². The Morgan fingerprint density at radius 2 is 2.29 bits per heavy atom. The summed E-state index contributed by atoms with van der Waals surface area (Å²) >= 11 is 7.65. The highest BCUT2D eigenvalue weighted by Gasteiger charge is 2.05. The Morgan fingerprint density at radius 1 is 1.47 bits per heavy atom. The lowest BCUT2D eigenvalue weighted by atomic mass is 10.1. The summed E-state index contributed by atoms with van der Waals surface area (Å²) in [6.07, 6.45) is 0.764. The molecule has 3 nitrogen and oxygen atoms in total. The minimum absolute atomic E-state index is 0.494. The number of methoxy groups -OCH3 is 1. The van der Waals surface area contributed by atoms with E-state index in [0.29, 0.717) is 17.3 Å². The van der Waals surface area contributed by atoms with Crippen molar-refractivity contribution in [3.8, 4) is 5.75 Å². The lowest BCUT2D eigenvalue weighted by Gasteiger charge is -2.04. The zero-order chi connectivity index (χ0) is 12.3. The molecule has 2 N–H and O–H groups in total. The monoisotopic (exact) mass is 268 g/mol. The van der Waals surface area contributed by atoms with Crippen LogP contribution in [0.25, 0.3) is 0 Å². The summed E-state index contributed by atoms with van der Waals surface area (Å²) < 4.78 is 5.11. The van der Waals surface area contributed by atoms with Crippen molar-refractivity contribution < 1.29 is 4.74 Å². The molecule has 1 aromatic carbocycles. The minimum atomic E-state index is 0.494. The second-order valence-electron chi connectivity index (χ2n) is 3.58. The van der Waals surface area contributed by atoms with Crippen LogP contribution < -0.4 is 10.5 Å². The Morgan fingerprint density at radius 3 is 2.88 bits per heavy atom. The Labute approximate surface area is 109 Å². The number of rotatable bonds is 4. The summed E-state index contributed by atoms with van der Waals surface area (Å²) in [6, 6.07) is 5.77. The molecule has 0 amide bonds. The number of nitrogens with zero attached hydrogens (tertiary/aromatic N) is 1. The predicted molar refractivity (Wildman–Crippen MR) is 70.8 cm³/mol. The standard InChI is InChI=1S/C12H13ClN2OS/c1-16-11-3-2-8(5-10(11)13)4-9-7-17-12(6-14)15-9/h2-3,5,7H,4,6,14H2,1H3. The average Bonchev–Trinajstić information content (AvgIpc) is 2.77. The van der Waals surface area contributed by atoms with Crippen LogP contribution in [0.5, 0.6) is 5.75 Å². The molecule has 2 rings (SSSR count). The molecule has 0 aliphatic rings. The van der Waals surface area contributed by atoms with Crippen LogP contribution in [-0.2, 0) is 13.0 Å². The highest BCUT2D eigenvalue weighted by atomic mass is 35.5. The molecule has 1 aromatic heterocycles. The number of benzene rings is 1. The second kappa shape index (κ2) is 5.49. The Kier molecular flexibility index (Phi) is 3.99. The highest BCUT2D eigenvalue weighted by molar-refractivity contribution is 7.09. The van der Waals surface area contributed by atoms with E-state index in [1.807, 2.05) is 23.6 Å². The first-order valence-corrected chi connectivity index (χ1v) is 6.44. The van der Waals surface area contributed by atoms with Gasteiger partial charge in [-0.15, -0.1) is 11.3 Å². The molecule has 1 heterocycles. The van der Waals surface area contributed by atoms with E-state index in [2.05, 4.69) is 4.98 Å². The number of nitrogens with two attached hydrogens (primary N) is 1. The third-order valence-electron chi connectivity index (χ3n) is 2.38. The third kappa shape index (κ3) is 2.97. The molecule has 2 aromatic rings. The fraction of sp³-hybridized carbons (Fsp3) is 0.250. The van der Waals surface area contributed by atoms with Crippen molar-refractivity contribution in [1.82, 2.24) is 4.98 Å². The first kappa shape index (κ1) is 12.4. The van der Waals surface area contributed by atoms with Gasteiger partial charge in [0.2, 0.25) is 0 Å². The molecule has 0 unspecified atom stereocenters. The fourth-order valence-corrected chi connectivity index (χ4v) is 2.51. The molecule has 0 saturated heterocycles. The third-order valence-corrected chi connectivity index (χ3v) is 3.59. The van der Waals surface area contributed by atoms with Crippen molar-refractivity contribution in [2.24, 2.45) is 5.73 Å². The number of halogens is 1. The Bertz CT molecular complexity index is 513. The van der Waals surface area contributed by atoms with E-state index in [1.54, 1.807) is 18.4 Å². The van der Waals surface area contributed by atoms with E-state index in [-0.39, 0.29) is 0 Å². The normalized spacial score (nSPS) is 10.5. The maximum atomic E-state index is 6.07. The van der Waals surface area contributed by atoms with Gasteiger partial charge in [-0.3, -0.25) is 0 Å². The summed E-state index contributed by atoms with van der Waals surface area (Å²) in [6.45, 7) is 0.494. The Hall–Kier alpha value is -1.10. The number of aromatic nitrogens is 1. The molecule has 5 heteroatoms. The molecule has 0 bridgehead atoms. The van der Waals surface area contributed by atoms with Crippen molar-refractivity contribution >= 4 is 22.9 Å². The van der Waals surface area contributed by atoms with Gasteiger partial charge in [0.1, 0.15) is 10.8 Å². The molecular formula is C12H13ClN2OS. The van der Waals surface area contributed by atoms with E-state index in [4.69, 9.17) is 22.1 Å². The Balaban J connectivity index is 2.15. The molecule has 17 heavy (non-hydrogen) atoms. The SMILES string of the molecule is COc1ccc(Cc2csc(CN)n2)cc1Cl. The van der Waals surface area contributed by atoms with Crippen LogP contribution in [-0.4, -0.2) is 12.1 Å². The maximum Gasteiger partial charge on any atom is 0.137 e. The number of hydrogen-bond donors (Lipinski definition) is 1. The van der Waals surface area contributed by atoms with Gasteiger partial charge in [-0.25, -0.2) is 4.98 Å². The molecule has 0 aliphatic heterocycles. The number of hydrogen-bond acceptors (Lipinski definition) is 4. The predicted octanol–water partition coefficient (Wildman–Crippen LogP) is 2.85. The van der Waals surface area contributed by atoms with Crippen LogP contribution in [0.3, 0.4) is 0 Å². The van der Waals surface area contributed by atoms with Crippen molar-refractivity contribution in [3.63, 3.8) is 0 Å². The molecule has 0 aliphatic carbocycles. The molecular weight excluding hydrogens is 256 g/mol. The molecule has 0 spiro atoms. The quantitative estimate of drug-likeness (QED) is 0.928. The smallest absolute Gasteiger partial charge is 0.137 e. The van der Waals surface area contributed by atoms with Gasteiger partial charge in [-0.2, -0.15) is 0 Å². The molecule has 0 fully saturated rings. The first-order valence-electron chi connectivity index (χ1n) is 5.18. The second-order valence-corrected chi connectivity index (χ2v) is 4.93. The van der Waals surface area contributed by atoms with Gasteiger partial charge in [-0.1, -0.05) is 17.7 Å². The van der Waals surface area contributed by atoms with E-state index >= 15 is 0 Å². The molecule has 0 radical (unpaired) electrons. The van der Waals surface area contributed by atoms with Gasteiger partial charge in [0.25, 0.3) is 0 Å². The van der Waals surface area contributed by atoms with Crippen LogP contribution in [0.1, 0.15) is 16.3 Å². The molecule has 0 saturated carbocycles. The lowest BCUT2D eigenvalue weighted by molar-refractivity contribution is 0.415. The summed E-state index contributed by atoms with van der Waals surface area (Å²) in [5.41, 5.74) is 7.67.